The standard InChI is InChI=1S/C12H12N2/c1-3-11-7-9-5-4-6-10(8-13)12(9)14(11)2/h4-7H,3H2,1-2H3. The maximum Gasteiger partial charge on any atom is 0.101 e. The Balaban J connectivity index is 2.87. The minimum Gasteiger partial charge on any atom is -0.347 e. The van der Waals surface area contributed by atoms with Gasteiger partial charge >= 0.3 is 0 Å². The van der Waals surface area contributed by atoms with Gasteiger partial charge in [0.25, 0.3) is 0 Å². The molecular formula is C12H12N2. The summed E-state index contributed by atoms with van der Waals surface area (Å²) in [5, 5.41) is 10.1. The molecule has 0 aliphatic heterocycles. The largest absolute Gasteiger partial charge is 0.347 e. The number of rotatable bonds is 1. The van der Waals surface area contributed by atoms with Gasteiger partial charge in [-0.05, 0) is 18.6 Å². The van der Waals surface area contributed by atoms with Gasteiger partial charge in [-0.2, -0.15) is 5.26 Å². The summed E-state index contributed by atoms with van der Waals surface area (Å²) in [5.41, 5.74) is 3.07. The quantitative estimate of drug-likeness (QED) is 0.669. The second-order valence-electron chi connectivity index (χ2n) is 3.40. The van der Waals surface area contributed by atoms with Gasteiger partial charge in [0.1, 0.15) is 6.07 Å². The van der Waals surface area contributed by atoms with Gasteiger partial charge < -0.3 is 4.57 Å². The van der Waals surface area contributed by atoms with E-state index in [1.807, 2.05) is 19.2 Å². The van der Waals surface area contributed by atoms with E-state index in [0.717, 1.165) is 22.9 Å². The summed E-state index contributed by atoms with van der Waals surface area (Å²) in [6.45, 7) is 2.13. The van der Waals surface area contributed by atoms with Gasteiger partial charge in [0.15, 0.2) is 0 Å². The van der Waals surface area contributed by atoms with Crippen molar-refractivity contribution in [1.29, 1.82) is 5.26 Å². The molecular weight excluding hydrogens is 172 g/mol. The first kappa shape index (κ1) is 8.83. The smallest absolute Gasteiger partial charge is 0.101 e. The SMILES string of the molecule is CCc1cc2cccc(C#N)c2n1C. The highest BCUT2D eigenvalue weighted by Crippen LogP contribution is 2.22. The molecule has 2 rings (SSSR count). The normalized spacial score (nSPS) is 10.4. The second kappa shape index (κ2) is 3.19. The predicted octanol–water partition coefficient (Wildman–Crippen LogP) is 2.61. The van der Waals surface area contributed by atoms with E-state index < -0.39 is 0 Å². The molecule has 0 aliphatic carbocycles. The number of nitrogens with zero attached hydrogens (tertiary/aromatic N) is 2. The van der Waals surface area contributed by atoms with Crippen LogP contribution in [0.5, 0.6) is 0 Å². The first-order chi connectivity index (χ1) is 6.77. The summed E-state index contributed by atoms with van der Waals surface area (Å²) in [7, 11) is 2.02. The van der Waals surface area contributed by atoms with Gasteiger partial charge in [-0.1, -0.05) is 19.1 Å². The second-order valence-corrected chi connectivity index (χ2v) is 3.40. The molecule has 0 radical (unpaired) electrons. The lowest BCUT2D eigenvalue weighted by Crippen LogP contribution is -1.94. The summed E-state index contributed by atoms with van der Waals surface area (Å²) in [4.78, 5) is 0. The lowest BCUT2D eigenvalue weighted by molar-refractivity contribution is 0.864. The first-order valence-corrected chi connectivity index (χ1v) is 4.75. The van der Waals surface area contributed by atoms with Crippen LogP contribution in [0.1, 0.15) is 18.2 Å². The molecule has 1 aromatic carbocycles. The maximum absolute atomic E-state index is 8.98. The Morgan fingerprint density at radius 3 is 2.86 bits per heavy atom. The van der Waals surface area contributed by atoms with Crippen molar-refractivity contribution in [2.45, 2.75) is 13.3 Å². The Labute approximate surface area is 83.4 Å². The zero-order valence-corrected chi connectivity index (χ0v) is 8.41. The molecule has 0 bridgehead atoms. The molecule has 0 spiro atoms. The van der Waals surface area contributed by atoms with Gasteiger partial charge in [-0.15, -0.1) is 0 Å². The Kier molecular flexibility index (Phi) is 2.01. The Morgan fingerprint density at radius 1 is 1.43 bits per heavy atom. The number of aryl methyl sites for hydroxylation is 2. The van der Waals surface area contributed by atoms with E-state index in [2.05, 4.69) is 29.7 Å². The van der Waals surface area contributed by atoms with Crippen molar-refractivity contribution in [1.82, 2.24) is 4.57 Å². The summed E-state index contributed by atoms with van der Waals surface area (Å²) < 4.78 is 2.11. The van der Waals surface area contributed by atoms with Crippen molar-refractivity contribution in [3.05, 3.63) is 35.5 Å². The summed E-state index contributed by atoms with van der Waals surface area (Å²) in [5.74, 6) is 0. The molecule has 1 heterocycles. The maximum atomic E-state index is 8.98. The average Bonchev–Trinajstić information content (AvgIpc) is 2.55. The minimum absolute atomic E-state index is 0.754. The van der Waals surface area contributed by atoms with Gasteiger partial charge in [-0.25, -0.2) is 0 Å². The molecule has 2 aromatic rings. The van der Waals surface area contributed by atoms with Gasteiger partial charge in [-0.3, -0.25) is 0 Å². The van der Waals surface area contributed by atoms with E-state index in [0.29, 0.717) is 0 Å². The molecule has 0 saturated carbocycles. The molecule has 70 valence electrons. The first-order valence-electron chi connectivity index (χ1n) is 4.75. The van der Waals surface area contributed by atoms with Gasteiger partial charge in [0.2, 0.25) is 0 Å². The van der Waals surface area contributed by atoms with Gasteiger partial charge in [0, 0.05) is 18.1 Å². The van der Waals surface area contributed by atoms with E-state index in [-0.39, 0.29) is 0 Å². The number of aromatic nitrogens is 1. The third-order valence-electron chi connectivity index (χ3n) is 2.64. The van der Waals surface area contributed by atoms with Crippen molar-refractivity contribution >= 4 is 10.9 Å². The summed E-state index contributed by atoms with van der Waals surface area (Å²) >= 11 is 0. The van der Waals surface area contributed by atoms with E-state index in [1.54, 1.807) is 0 Å². The molecule has 2 heteroatoms. The van der Waals surface area contributed by atoms with Crippen LogP contribution < -0.4 is 0 Å². The number of para-hydroxylation sites is 1. The van der Waals surface area contributed by atoms with Crippen LogP contribution in [-0.4, -0.2) is 4.57 Å². The van der Waals surface area contributed by atoms with Crippen LogP contribution in [0.4, 0.5) is 0 Å². The monoisotopic (exact) mass is 184 g/mol. The van der Waals surface area contributed by atoms with Crippen molar-refractivity contribution in [2.24, 2.45) is 7.05 Å². The fourth-order valence-corrected chi connectivity index (χ4v) is 1.90. The number of fused-ring (bicyclic) bond motifs is 1. The van der Waals surface area contributed by atoms with Crippen molar-refractivity contribution < 1.29 is 0 Å². The molecule has 14 heavy (non-hydrogen) atoms. The molecule has 0 N–H and O–H groups in total. The van der Waals surface area contributed by atoms with E-state index >= 15 is 0 Å². The van der Waals surface area contributed by atoms with E-state index in [4.69, 9.17) is 5.26 Å². The average molecular weight is 184 g/mol. The lowest BCUT2D eigenvalue weighted by Gasteiger charge is -2.01. The van der Waals surface area contributed by atoms with Crippen molar-refractivity contribution in [3.63, 3.8) is 0 Å². The summed E-state index contributed by atoms with van der Waals surface area (Å²) in [6.07, 6.45) is 0.996. The molecule has 0 saturated heterocycles. The topological polar surface area (TPSA) is 28.7 Å². The van der Waals surface area contributed by atoms with Crippen molar-refractivity contribution in [2.75, 3.05) is 0 Å². The van der Waals surface area contributed by atoms with Crippen molar-refractivity contribution in [3.8, 4) is 6.07 Å². The Hall–Kier alpha value is -1.75. The molecule has 0 unspecified atom stereocenters. The molecule has 1 aromatic heterocycles. The minimum atomic E-state index is 0.754. The fourth-order valence-electron chi connectivity index (χ4n) is 1.90. The van der Waals surface area contributed by atoms with Crippen LogP contribution in [0, 0.1) is 11.3 Å². The van der Waals surface area contributed by atoms with Crippen LogP contribution in [0.25, 0.3) is 10.9 Å². The number of benzene rings is 1. The molecule has 0 fully saturated rings. The van der Waals surface area contributed by atoms with Gasteiger partial charge in [0.05, 0.1) is 11.1 Å². The van der Waals surface area contributed by atoms with Crippen LogP contribution in [-0.2, 0) is 13.5 Å². The molecule has 2 nitrogen and oxygen atoms in total. The Morgan fingerprint density at radius 2 is 2.21 bits per heavy atom. The molecule has 0 atom stereocenters. The lowest BCUT2D eigenvalue weighted by atomic mass is 10.1. The van der Waals surface area contributed by atoms with Crippen LogP contribution in [0.15, 0.2) is 24.3 Å². The zero-order valence-electron chi connectivity index (χ0n) is 8.41. The third kappa shape index (κ3) is 1.10. The predicted molar refractivity (Wildman–Crippen MR) is 57.0 cm³/mol. The zero-order chi connectivity index (χ0) is 10.1. The van der Waals surface area contributed by atoms with Crippen LogP contribution >= 0.6 is 0 Å². The van der Waals surface area contributed by atoms with Crippen LogP contribution in [0.2, 0.25) is 0 Å². The fraction of sp³-hybridized carbons (Fsp3) is 0.250. The highest BCUT2D eigenvalue weighted by atomic mass is 14.9. The molecule has 0 amide bonds. The number of hydrogen-bond acceptors (Lipinski definition) is 1. The Bertz CT molecular complexity index is 515. The van der Waals surface area contributed by atoms with Crippen LogP contribution in [0.3, 0.4) is 0 Å². The molecule has 0 aliphatic rings. The number of hydrogen-bond donors (Lipinski definition) is 0. The summed E-state index contributed by atoms with van der Waals surface area (Å²) in [6, 6.07) is 10.2. The van der Waals surface area contributed by atoms with E-state index in [9.17, 15) is 0 Å². The highest BCUT2D eigenvalue weighted by Gasteiger charge is 2.07. The number of nitriles is 1. The highest BCUT2D eigenvalue weighted by molar-refractivity contribution is 5.86. The van der Waals surface area contributed by atoms with E-state index in [1.165, 1.54) is 5.69 Å². The third-order valence-corrected chi connectivity index (χ3v) is 2.64.